The van der Waals surface area contributed by atoms with Crippen LogP contribution in [0.4, 0.5) is 5.00 Å². The number of thiophene rings is 1. The number of nitrogens with one attached hydrogen (secondary N) is 2. The molecule has 188 valence electrons. The van der Waals surface area contributed by atoms with Crippen LogP contribution in [0.25, 0.3) is 0 Å². The number of rotatable bonds is 7. The van der Waals surface area contributed by atoms with Gasteiger partial charge in [0.25, 0.3) is 0 Å². The Morgan fingerprint density at radius 1 is 1.03 bits per heavy atom. The highest BCUT2D eigenvalue weighted by molar-refractivity contribution is 7.16. The summed E-state index contributed by atoms with van der Waals surface area (Å²) in [5, 5.41) is 16.2. The van der Waals surface area contributed by atoms with Crippen molar-refractivity contribution < 1.29 is 23.9 Å². The predicted molar refractivity (Wildman–Crippen MR) is 139 cm³/mol. The highest BCUT2D eigenvalue weighted by Crippen LogP contribution is 2.37. The van der Waals surface area contributed by atoms with Crippen LogP contribution in [0.2, 0.25) is 0 Å². The number of hydrazone groups is 1. The molecule has 2 amide bonds. The number of carbonyl (C=O) groups excluding carboxylic acids is 3. The monoisotopic (exact) mass is 516 g/mol. The van der Waals surface area contributed by atoms with Crippen LogP contribution >= 0.6 is 11.3 Å². The number of amides is 2. The van der Waals surface area contributed by atoms with Crippen LogP contribution in [0.15, 0.2) is 53.6 Å². The van der Waals surface area contributed by atoms with Gasteiger partial charge in [0.05, 0.1) is 23.9 Å². The first-order valence-electron chi connectivity index (χ1n) is 11.7. The van der Waals surface area contributed by atoms with E-state index in [4.69, 9.17) is 9.47 Å². The van der Waals surface area contributed by atoms with Crippen LogP contribution in [0.3, 0.4) is 0 Å². The second-order valence-electron chi connectivity index (χ2n) is 8.10. The van der Waals surface area contributed by atoms with Gasteiger partial charge in [0.1, 0.15) is 22.6 Å². The number of ether oxygens (including phenoxy) is 2. The highest BCUT2D eigenvalue weighted by Gasteiger charge is 2.23. The van der Waals surface area contributed by atoms with Crippen molar-refractivity contribution in [2.24, 2.45) is 5.10 Å². The van der Waals surface area contributed by atoms with E-state index in [1.54, 1.807) is 48.5 Å². The van der Waals surface area contributed by atoms with Crippen LogP contribution in [-0.2, 0) is 22.4 Å². The number of hydrogen-bond acceptors (Lipinski definition) is 8. The third-order valence-corrected chi connectivity index (χ3v) is 6.80. The average Bonchev–Trinajstić information content (AvgIpc) is 3.27. The second-order valence-corrected chi connectivity index (χ2v) is 9.20. The number of nitriles is 1. The molecule has 37 heavy (non-hydrogen) atoms. The summed E-state index contributed by atoms with van der Waals surface area (Å²) in [6.45, 7) is 2.42. The lowest BCUT2D eigenvalue weighted by molar-refractivity contribution is -0.136. The van der Waals surface area contributed by atoms with Gasteiger partial charge in [0.15, 0.2) is 0 Å². The van der Waals surface area contributed by atoms with Crippen molar-refractivity contribution in [3.05, 3.63) is 75.7 Å². The molecule has 0 saturated carbocycles. The maximum Gasteiger partial charge on any atom is 0.343 e. The summed E-state index contributed by atoms with van der Waals surface area (Å²) in [5.74, 6) is -1.35. The molecule has 1 heterocycles. The molecular weight excluding hydrogens is 492 g/mol. The summed E-state index contributed by atoms with van der Waals surface area (Å²) in [4.78, 5) is 37.9. The van der Waals surface area contributed by atoms with Gasteiger partial charge in [0.2, 0.25) is 0 Å². The molecule has 0 fully saturated rings. The lowest BCUT2D eigenvalue weighted by Crippen LogP contribution is -2.32. The van der Waals surface area contributed by atoms with E-state index in [1.807, 2.05) is 6.92 Å². The number of hydrogen-bond donors (Lipinski definition) is 2. The smallest absolute Gasteiger partial charge is 0.343 e. The molecule has 0 bridgehead atoms. The van der Waals surface area contributed by atoms with Crippen molar-refractivity contribution in [3.63, 3.8) is 0 Å². The lowest BCUT2D eigenvalue weighted by Gasteiger charge is -2.09. The topological polar surface area (TPSA) is 130 Å². The number of benzene rings is 2. The zero-order valence-electron chi connectivity index (χ0n) is 20.1. The molecule has 2 N–H and O–H groups in total. The summed E-state index contributed by atoms with van der Waals surface area (Å²) in [6, 6.07) is 15.3. The fourth-order valence-corrected chi connectivity index (χ4v) is 5.02. The maximum absolute atomic E-state index is 12.3. The first-order chi connectivity index (χ1) is 18.0. The van der Waals surface area contributed by atoms with E-state index in [0.29, 0.717) is 39.8 Å². The molecule has 0 aliphatic heterocycles. The summed E-state index contributed by atoms with van der Waals surface area (Å²) >= 11 is 1.35. The normalized spacial score (nSPS) is 12.3. The van der Waals surface area contributed by atoms with E-state index >= 15 is 0 Å². The largest absolute Gasteiger partial charge is 0.494 e. The van der Waals surface area contributed by atoms with E-state index < -0.39 is 17.8 Å². The Bertz CT molecular complexity index is 1370. The molecule has 4 rings (SSSR count). The van der Waals surface area contributed by atoms with E-state index in [2.05, 4.69) is 21.9 Å². The van der Waals surface area contributed by atoms with Crippen molar-refractivity contribution in [1.82, 2.24) is 5.43 Å². The number of aryl methyl sites for hydroxylation is 1. The standard InChI is InChI=1S/C27H24N4O5S/c1-2-35-19-13-9-18(10-14-19)27(34)36-20-11-7-17(8-12-20)16-29-31-25(33)24(32)30-26-22(15-28)21-5-3-4-6-23(21)37-26/h7-14,16H,2-6H2,1H3,(H,30,32)(H,31,33)/b29-16-. The van der Waals surface area contributed by atoms with Crippen LogP contribution < -0.4 is 20.2 Å². The van der Waals surface area contributed by atoms with E-state index in [1.165, 1.54) is 17.6 Å². The summed E-state index contributed by atoms with van der Waals surface area (Å²) < 4.78 is 10.7. The number of esters is 1. The first kappa shape index (κ1) is 25.6. The van der Waals surface area contributed by atoms with Gasteiger partial charge in [-0.2, -0.15) is 10.4 Å². The van der Waals surface area contributed by atoms with Gasteiger partial charge >= 0.3 is 17.8 Å². The van der Waals surface area contributed by atoms with Gasteiger partial charge in [-0.25, -0.2) is 10.2 Å². The minimum Gasteiger partial charge on any atom is -0.494 e. The Kier molecular flexibility index (Phi) is 8.28. The molecule has 0 spiro atoms. The molecule has 3 aromatic rings. The molecule has 0 saturated heterocycles. The third-order valence-electron chi connectivity index (χ3n) is 5.59. The predicted octanol–water partition coefficient (Wildman–Crippen LogP) is 4.21. The minimum absolute atomic E-state index is 0.339. The zero-order chi connectivity index (χ0) is 26.2. The Morgan fingerprint density at radius 3 is 2.43 bits per heavy atom. The summed E-state index contributed by atoms with van der Waals surface area (Å²) in [6.07, 6.45) is 5.09. The van der Waals surface area contributed by atoms with E-state index in [9.17, 15) is 19.6 Å². The van der Waals surface area contributed by atoms with Crippen LogP contribution in [-0.4, -0.2) is 30.6 Å². The zero-order valence-corrected chi connectivity index (χ0v) is 20.9. The van der Waals surface area contributed by atoms with E-state index in [0.717, 1.165) is 36.1 Å². The molecule has 9 nitrogen and oxygen atoms in total. The number of carbonyl (C=O) groups is 3. The van der Waals surface area contributed by atoms with Crippen molar-refractivity contribution in [1.29, 1.82) is 5.26 Å². The van der Waals surface area contributed by atoms with Crippen molar-refractivity contribution in [2.75, 3.05) is 11.9 Å². The van der Waals surface area contributed by atoms with Gasteiger partial charge in [-0.05, 0) is 92.3 Å². The Balaban J connectivity index is 1.28. The van der Waals surface area contributed by atoms with Gasteiger partial charge in [-0.1, -0.05) is 0 Å². The first-order valence-corrected chi connectivity index (χ1v) is 12.5. The quantitative estimate of drug-likeness (QED) is 0.159. The third kappa shape index (κ3) is 6.39. The molecule has 0 unspecified atom stereocenters. The Labute approximate surface area is 217 Å². The van der Waals surface area contributed by atoms with Gasteiger partial charge in [-0.15, -0.1) is 11.3 Å². The fraction of sp³-hybridized carbons (Fsp3) is 0.222. The Hall–Kier alpha value is -4.49. The van der Waals surface area contributed by atoms with Crippen LogP contribution in [0.1, 0.15) is 51.7 Å². The molecule has 1 aliphatic carbocycles. The molecule has 0 radical (unpaired) electrons. The summed E-state index contributed by atoms with van der Waals surface area (Å²) in [7, 11) is 0. The number of anilines is 1. The lowest BCUT2D eigenvalue weighted by atomic mass is 9.96. The highest BCUT2D eigenvalue weighted by atomic mass is 32.1. The molecule has 10 heteroatoms. The fourth-order valence-electron chi connectivity index (χ4n) is 3.79. The van der Waals surface area contributed by atoms with Crippen molar-refractivity contribution in [2.45, 2.75) is 32.6 Å². The molecule has 1 aliphatic rings. The van der Waals surface area contributed by atoms with E-state index in [-0.39, 0.29) is 0 Å². The summed E-state index contributed by atoms with van der Waals surface area (Å²) in [5.41, 5.74) is 4.59. The maximum atomic E-state index is 12.3. The Morgan fingerprint density at radius 2 is 1.73 bits per heavy atom. The van der Waals surface area contributed by atoms with Crippen molar-refractivity contribution >= 4 is 40.3 Å². The number of nitrogens with zero attached hydrogens (tertiary/aromatic N) is 2. The molecule has 0 atom stereocenters. The van der Waals surface area contributed by atoms with Gasteiger partial charge < -0.3 is 14.8 Å². The van der Waals surface area contributed by atoms with Crippen LogP contribution in [0, 0.1) is 11.3 Å². The minimum atomic E-state index is -0.951. The number of fused-ring (bicyclic) bond motifs is 1. The van der Waals surface area contributed by atoms with Gasteiger partial charge in [-0.3, -0.25) is 9.59 Å². The second kappa shape index (κ2) is 12.0. The van der Waals surface area contributed by atoms with Crippen LogP contribution in [0.5, 0.6) is 11.5 Å². The molecular formula is C27H24N4O5S. The molecule has 1 aromatic heterocycles. The van der Waals surface area contributed by atoms with Gasteiger partial charge in [0, 0.05) is 4.88 Å². The molecule has 2 aromatic carbocycles. The average molecular weight is 517 g/mol. The van der Waals surface area contributed by atoms with Crippen molar-refractivity contribution in [3.8, 4) is 17.6 Å². The SMILES string of the molecule is CCOc1ccc(C(=O)Oc2ccc(/C=N\NC(=O)C(=O)Nc3sc4c(c3C#N)CCCC4)cc2)cc1.